The summed E-state index contributed by atoms with van der Waals surface area (Å²) in [4.78, 5) is 10.0. The van der Waals surface area contributed by atoms with Crippen molar-refractivity contribution in [2.75, 3.05) is 19.8 Å². The van der Waals surface area contributed by atoms with Crippen LogP contribution in [0, 0.1) is 10.1 Å². The van der Waals surface area contributed by atoms with E-state index in [1.807, 2.05) is 0 Å². The van der Waals surface area contributed by atoms with Gasteiger partial charge in [0.05, 0.1) is 13.2 Å². The molecule has 0 aliphatic carbocycles. The minimum Gasteiger partial charge on any atom is -0.485 e. The first-order valence-electron chi connectivity index (χ1n) is 5.03. The number of para-hydroxylation sites is 1. The second-order valence-electron chi connectivity index (χ2n) is 3.28. The van der Waals surface area contributed by atoms with Gasteiger partial charge in [0.15, 0.2) is 6.61 Å². The number of nitro groups is 1. The van der Waals surface area contributed by atoms with Gasteiger partial charge in [-0.3, -0.25) is 10.1 Å². The third kappa shape index (κ3) is 4.35. The lowest BCUT2D eigenvalue weighted by Crippen LogP contribution is -2.44. The number of rotatable bonds is 7. The van der Waals surface area contributed by atoms with Gasteiger partial charge in [-0.25, -0.2) is 0 Å². The standard InChI is InChI=1S/C10H14N2O5/c13-7-6-11(14)10(12(15)16)8-17-9-4-2-1-3-5-9/h1-5,10,13-14H,6-8H2. The molecule has 17 heavy (non-hydrogen) atoms. The van der Waals surface area contributed by atoms with Gasteiger partial charge in [-0.05, 0) is 12.1 Å². The molecule has 7 nitrogen and oxygen atoms in total. The highest BCUT2D eigenvalue weighted by Crippen LogP contribution is 2.09. The van der Waals surface area contributed by atoms with E-state index in [1.165, 1.54) is 0 Å². The fourth-order valence-electron chi connectivity index (χ4n) is 1.19. The smallest absolute Gasteiger partial charge is 0.322 e. The first-order chi connectivity index (χ1) is 8.15. The van der Waals surface area contributed by atoms with E-state index in [0.29, 0.717) is 10.8 Å². The average Bonchev–Trinajstić information content (AvgIpc) is 2.30. The quantitative estimate of drug-likeness (QED) is 0.407. The molecule has 0 fully saturated rings. The zero-order valence-electron chi connectivity index (χ0n) is 9.10. The minimum atomic E-state index is -1.40. The zero-order valence-corrected chi connectivity index (χ0v) is 9.10. The van der Waals surface area contributed by atoms with Crippen molar-refractivity contribution in [3.63, 3.8) is 0 Å². The molecule has 1 aromatic carbocycles. The summed E-state index contributed by atoms with van der Waals surface area (Å²) in [5.41, 5.74) is 0. The van der Waals surface area contributed by atoms with E-state index in [0.717, 1.165) is 0 Å². The van der Waals surface area contributed by atoms with Crippen LogP contribution in [-0.2, 0) is 0 Å². The van der Waals surface area contributed by atoms with E-state index >= 15 is 0 Å². The lowest BCUT2D eigenvalue weighted by molar-refractivity contribution is -0.575. The molecular weight excluding hydrogens is 228 g/mol. The van der Waals surface area contributed by atoms with Gasteiger partial charge in [0.1, 0.15) is 5.75 Å². The fourth-order valence-corrected chi connectivity index (χ4v) is 1.19. The number of hydrogen-bond acceptors (Lipinski definition) is 6. The Balaban J connectivity index is 2.53. The number of ether oxygens (including phenoxy) is 1. The zero-order chi connectivity index (χ0) is 12.7. The largest absolute Gasteiger partial charge is 0.485 e. The van der Waals surface area contributed by atoms with Crippen molar-refractivity contribution in [3.05, 3.63) is 40.4 Å². The van der Waals surface area contributed by atoms with E-state index in [1.54, 1.807) is 30.3 Å². The van der Waals surface area contributed by atoms with Crippen LogP contribution in [0.4, 0.5) is 0 Å². The highest BCUT2D eigenvalue weighted by Gasteiger charge is 2.28. The SMILES string of the molecule is O=[N+]([O-])C(COc1ccccc1)N(O)CCO. The normalized spacial score (nSPS) is 12.4. The molecule has 1 atom stereocenters. The lowest BCUT2D eigenvalue weighted by atomic mass is 10.3. The first kappa shape index (κ1) is 13.4. The predicted molar refractivity (Wildman–Crippen MR) is 58.3 cm³/mol. The summed E-state index contributed by atoms with van der Waals surface area (Å²) in [6.45, 7) is -0.872. The molecule has 94 valence electrons. The Labute approximate surface area is 98.0 Å². The van der Waals surface area contributed by atoms with Gasteiger partial charge in [-0.1, -0.05) is 18.2 Å². The van der Waals surface area contributed by atoms with E-state index in [4.69, 9.17) is 9.84 Å². The Kier molecular flexibility index (Phi) is 5.34. The predicted octanol–water partition coefficient (Wildman–Crippen LogP) is 0.352. The van der Waals surface area contributed by atoms with Crippen LogP contribution in [0.3, 0.4) is 0 Å². The number of aliphatic hydroxyl groups is 1. The molecule has 0 spiro atoms. The highest BCUT2D eigenvalue weighted by molar-refractivity contribution is 5.20. The molecule has 0 saturated heterocycles. The van der Waals surface area contributed by atoms with Crippen LogP contribution in [0.5, 0.6) is 5.75 Å². The van der Waals surface area contributed by atoms with E-state index in [-0.39, 0.29) is 19.8 Å². The van der Waals surface area contributed by atoms with Crippen LogP contribution in [0.2, 0.25) is 0 Å². The van der Waals surface area contributed by atoms with Crippen molar-refractivity contribution < 1.29 is 20.0 Å². The molecule has 1 unspecified atom stereocenters. The van der Waals surface area contributed by atoms with E-state index < -0.39 is 11.1 Å². The molecule has 1 aromatic rings. The van der Waals surface area contributed by atoms with Crippen molar-refractivity contribution in [2.24, 2.45) is 0 Å². The van der Waals surface area contributed by atoms with E-state index in [2.05, 4.69) is 0 Å². The van der Waals surface area contributed by atoms with Crippen LogP contribution >= 0.6 is 0 Å². The molecule has 7 heteroatoms. The maximum atomic E-state index is 10.7. The molecule has 2 N–H and O–H groups in total. The summed E-state index contributed by atoms with van der Waals surface area (Å²) in [6.07, 6.45) is -1.40. The van der Waals surface area contributed by atoms with Gasteiger partial charge in [0.25, 0.3) is 0 Å². The molecule has 0 heterocycles. The van der Waals surface area contributed by atoms with Crippen molar-refractivity contribution in [1.29, 1.82) is 0 Å². The van der Waals surface area contributed by atoms with Gasteiger partial charge < -0.3 is 15.1 Å². The van der Waals surface area contributed by atoms with Crippen molar-refractivity contribution >= 4 is 0 Å². The van der Waals surface area contributed by atoms with Gasteiger partial charge in [-0.2, -0.15) is 0 Å². The molecule has 0 aliphatic heterocycles. The minimum absolute atomic E-state index is 0.205. The fraction of sp³-hybridized carbons (Fsp3) is 0.400. The average molecular weight is 242 g/mol. The topological polar surface area (TPSA) is 96.1 Å². The van der Waals surface area contributed by atoms with Gasteiger partial charge in [0, 0.05) is 4.92 Å². The number of nitrogens with zero attached hydrogens (tertiary/aromatic N) is 2. The van der Waals surface area contributed by atoms with Crippen LogP contribution in [0.15, 0.2) is 30.3 Å². The highest BCUT2D eigenvalue weighted by atomic mass is 16.7. The number of benzene rings is 1. The van der Waals surface area contributed by atoms with Crippen LogP contribution in [-0.4, -0.2) is 46.2 Å². The third-order valence-electron chi connectivity index (χ3n) is 2.06. The van der Waals surface area contributed by atoms with Gasteiger partial charge in [0.2, 0.25) is 0 Å². The maximum absolute atomic E-state index is 10.7. The number of aliphatic hydroxyl groups excluding tert-OH is 1. The van der Waals surface area contributed by atoms with Crippen molar-refractivity contribution in [2.45, 2.75) is 6.17 Å². The van der Waals surface area contributed by atoms with Gasteiger partial charge in [-0.15, -0.1) is 5.06 Å². The summed E-state index contributed by atoms with van der Waals surface area (Å²) in [7, 11) is 0. The third-order valence-corrected chi connectivity index (χ3v) is 2.06. The van der Waals surface area contributed by atoms with Crippen LogP contribution in [0.1, 0.15) is 0 Å². The lowest BCUT2D eigenvalue weighted by Gasteiger charge is -2.18. The Bertz CT molecular complexity index is 346. The monoisotopic (exact) mass is 242 g/mol. The molecule has 0 bridgehead atoms. The maximum Gasteiger partial charge on any atom is 0.322 e. The Morgan fingerprint density at radius 3 is 2.59 bits per heavy atom. The van der Waals surface area contributed by atoms with Crippen LogP contribution in [0.25, 0.3) is 0 Å². The molecule has 0 radical (unpaired) electrons. The van der Waals surface area contributed by atoms with Crippen molar-refractivity contribution in [1.82, 2.24) is 5.06 Å². The molecule has 0 aliphatic rings. The molecule has 0 aromatic heterocycles. The first-order valence-corrected chi connectivity index (χ1v) is 5.03. The van der Waals surface area contributed by atoms with Crippen molar-refractivity contribution in [3.8, 4) is 5.75 Å². The number of hydroxylamine groups is 2. The summed E-state index contributed by atoms with van der Waals surface area (Å²) < 4.78 is 5.17. The summed E-state index contributed by atoms with van der Waals surface area (Å²) >= 11 is 0. The molecular formula is C10H14N2O5. The van der Waals surface area contributed by atoms with Gasteiger partial charge >= 0.3 is 6.17 Å². The number of hydrogen-bond donors (Lipinski definition) is 2. The molecule has 0 saturated carbocycles. The summed E-state index contributed by atoms with van der Waals surface area (Å²) in [5.74, 6) is 0.483. The summed E-state index contributed by atoms with van der Waals surface area (Å²) in [6, 6.07) is 8.58. The second kappa shape index (κ2) is 6.79. The Morgan fingerprint density at radius 1 is 1.41 bits per heavy atom. The summed E-state index contributed by atoms with van der Waals surface area (Å²) in [5, 5.41) is 29.0. The van der Waals surface area contributed by atoms with E-state index in [9.17, 15) is 15.3 Å². The Hall–Kier alpha value is -1.70. The second-order valence-corrected chi connectivity index (χ2v) is 3.28. The molecule has 1 rings (SSSR count). The Morgan fingerprint density at radius 2 is 2.06 bits per heavy atom. The van der Waals surface area contributed by atoms with Crippen LogP contribution < -0.4 is 4.74 Å². The molecule has 0 amide bonds.